The molecule has 0 saturated heterocycles. The Bertz CT molecular complexity index is 669. The van der Waals surface area contributed by atoms with Crippen molar-refractivity contribution in [1.29, 1.82) is 0 Å². The highest BCUT2D eigenvalue weighted by Crippen LogP contribution is 2.36. The van der Waals surface area contributed by atoms with E-state index in [2.05, 4.69) is 37.2 Å². The smallest absolute Gasteiger partial charge is 0.322 e. The molecule has 7 heteroatoms. The van der Waals surface area contributed by atoms with Crippen LogP contribution >= 0.6 is 31.9 Å². The first-order chi connectivity index (χ1) is 9.77. The van der Waals surface area contributed by atoms with Crippen LogP contribution in [0.5, 0.6) is 0 Å². The molecule has 0 spiro atoms. The van der Waals surface area contributed by atoms with Crippen LogP contribution in [0.3, 0.4) is 0 Å². The molecule has 0 aromatic heterocycles. The van der Waals surface area contributed by atoms with Crippen molar-refractivity contribution in [3.63, 3.8) is 0 Å². The molecule has 110 valence electrons. The van der Waals surface area contributed by atoms with Crippen molar-refractivity contribution < 1.29 is 18.0 Å². The van der Waals surface area contributed by atoms with Gasteiger partial charge in [-0.3, -0.25) is 4.79 Å². The lowest BCUT2D eigenvalue weighted by Crippen LogP contribution is -2.13. The van der Waals surface area contributed by atoms with Gasteiger partial charge in [0, 0.05) is 20.2 Å². The minimum atomic E-state index is -4.49. The lowest BCUT2D eigenvalue weighted by atomic mass is 10.1. The van der Waals surface area contributed by atoms with Crippen molar-refractivity contribution in [3.8, 4) is 0 Å². The van der Waals surface area contributed by atoms with E-state index in [-0.39, 0.29) is 10.2 Å². The maximum atomic E-state index is 12.8. The zero-order valence-electron chi connectivity index (χ0n) is 10.3. The number of hydrogen-bond acceptors (Lipinski definition) is 1. The zero-order chi connectivity index (χ0) is 15.6. The molecule has 1 amide bonds. The normalized spacial score (nSPS) is 11.3. The number of benzene rings is 2. The summed E-state index contributed by atoms with van der Waals surface area (Å²) in [6, 6.07) is 10.0. The summed E-state index contributed by atoms with van der Waals surface area (Å²) in [7, 11) is 0. The summed E-state index contributed by atoms with van der Waals surface area (Å²) >= 11 is 6.09. The largest absolute Gasteiger partial charge is 0.417 e. The van der Waals surface area contributed by atoms with Crippen molar-refractivity contribution >= 4 is 43.5 Å². The second kappa shape index (κ2) is 6.19. The molecule has 0 unspecified atom stereocenters. The maximum Gasteiger partial charge on any atom is 0.417 e. The molecule has 0 aliphatic heterocycles. The Hall–Kier alpha value is -1.34. The van der Waals surface area contributed by atoms with E-state index in [1.807, 2.05) is 0 Å². The second-order valence-corrected chi connectivity index (χ2v) is 5.92. The summed E-state index contributed by atoms with van der Waals surface area (Å²) in [6.07, 6.45) is -4.49. The average Bonchev–Trinajstić information content (AvgIpc) is 2.40. The molecule has 2 rings (SSSR count). The van der Waals surface area contributed by atoms with E-state index in [4.69, 9.17) is 0 Å². The molecule has 0 fully saturated rings. The number of amides is 1. The molecule has 1 N–H and O–H groups in total. The van der Waals surface area contributed by atoms with Gasteiger partial charge in [0.1, 0.15) is 0 Å². The number of nitrogens with one attached hydrogen (secondary N) is 1. The number of anilines is 1. The van der Waals surface area contributed by atoms with E-state index in [1.165, 1.54) is 12.1 Å². The van der Waals surface area contributed by atoms with Gasteiger partial charge in [-0.25, -0.2) is 0 Å². The van der Waals surface area contributed by atoms with E-state index in [1.54, 1.807) is 24.3 Å². The topological polar surface area (TPSA) is 29.1 Å². The highest BCUT2D eigenvalue weighted by Gasteiger charge is 2.33. The van der Waals surface area contributed by atoms with Gasteiger partial charge in [-0.05, 0) is 42.5 Å². The van der Waals surface area contributed by atoms with E-state index >= 15 is 0 Å². The van der Waals surface area contributed by atoms with Gasteiger partial charge in [-0.1, -0.05) is 31.9 Å². The molecule has 0 aliphatic rings. The fourth-order valence-corrected chi connectivity index (χ4v) is 2.36. The minimum Gasteiger partial charge on any atom is -0.322 e. The van der Waals surface area contributed by atoms with Crippen LogP contribution in [0.1, 0.15) is 15.9 Å². The highest BCUT2D eigenvalue weighted by atomic mass is 79.9. The lowest BCUT2D eigenvalue weighted by Gasteiger charge is -2.12. The Labute approximate surface area is 135 Å². The molecular formula is C14H8Br2F3NO. The summed E-state index contributed by atoms with van der Waals surface area (Å²) in [5.74, 6) is -0.474. The fourth-order valence-electron chi connectivity index (χ4n) is 1.62. The molecule has 0 bridgehead atoms. The van der Waals surface area contributed by atoms with Crippen molar-refractivity contribution in [2.75, 3.05) is 5.32 Å². The van der Waals surface area contributed by atoms with Crippen molar-refractivity contribution in [1.82, 2.24) is 0 Å². The van der Waals surface area contributed by atoms with Crippen molar-refractivity contribution in [2.24, 2.45) is 0 Å². The minimum absolute atomic E-state index is 0.0726. The van der Waals surface area contributed by atoms with E-state index < -0.39 is 17.6 Å². The molecule has 2 aromatic carbocycles. The van der Waals surface area contributed by atoms with Gasteiger partial charge in [0.15, 0.2) is 0 Å². The van der Waals surface area contributed by atoms with Crippen LogP contribution in [0, 0.1) is 0 Å². The first kappa shape index (κ1) is 16.0. The number of carbonyl (C=O) groups is 1. The molecule has 2 nitrogen and oxygen atoms in total. The highest BCUT2D eigenvalue weighted by molar-refractivity contribution is 9.10. The van der Waals surface area contributed by atoms with Gasteiger partial charge >= 0.3 is 6.18 Å². The average molecular weight is 423 g/mol. The Morgan fingerprint density at radius 2 is 1.62 bits per heavy atom. The third-order valence-corrected chi connectivity index (χ3v) is 3.86. The Balaban J connectivity index is 2.24. The monoisotopic (exact) mass is 421 g/mol. The Morgan fingerprint density at radius 1 is 1.00 bits per heavy atom. The van der Waals surface area contributed by atoms with E-state index in [0.29, 0.717) is 5.56 Å². The Morgan fingerprint density at radius 3 is 2.19 bits per heavy atom. The summed E-state index contributed by atoms with van der Waals surface area (Å²) in [6.45, 7) is 0. The third-order valence-electron chi connectivity index (χ3n) is 2.64. The summed E-state index contributed by atoms with van der Waals surface area (Å²) in [4.78, 5) is 12.0. The molecule has 2 aromatic rings. The summed E-state index contributed by atoms with van der Waals surface area (Å²) in [5, 5.41) is 2.44. The summed E-state index contributed by atoms with van der Waals surface area (Å²) < 4.78 is 39.1. The number of carbonyl (C=O) groups excluding carboxylic acids is 1. The lowest BCUT2D eigenvalue weighted by molar-refractivity contribution is -0.138. The number of rotatable bonds is 2. The Kier molecular flexibility index (Phi) is 4.73. The molecule has 0 radical (unpaired) electrons. The fraction of sp³-hybridized carbons (Fsp3) is 0.0714. The van der Waals surface area contributed by atoms with E-state index in [9.17, 15) is 18.0 Å². The van der Waals surface area contributed by atoms with Gasteiger partial charge in [0.05, 0.1) is 5.56 Å². The second-order valence-electron chi connectivity index (χ2n) is 4.15. The quantitative estimate of drug-likeness (QED) is 0.681. The van der Waals surface area contributed by atoms with Crippen LogP contribution in [0.15, 0.2) is 51.4 Å². The molecule has 0 atom stereocenters. The van der Waals surface area contributed by atoms with Crippen LogP contribution in [-0.2, 0) is 6.18 Å². The first-order valence-electron chi connectivity index (χ1n) is 5.71. The SMILES string of the molecule is O=C(Nc1ccc(Br)c(C(F)(F)F)c1)c1ccc(Br)cc1. The standard InChI is InChI=1S/C14H8Br2F3NO/c15-9-3-1-8(2-4-9)13(21)20-10-5-6-12(16)11(7-10)14(17,18)19/h1-7H,(H,20,21). The van der Waals surface area contributed by atoms with Crippen molar-refractivity contribution in [2.45, 2.75) is 6.18 Å². The molecule has 0 saturated carbocycles. The molecule has 0 aliphatic carbocycles. The predicted octanol–water partition coefficient (Wildman–Crippen LogP) is 5.48. The van der Waals surface area contributed by atoms with Gasteiger partial charge in [-0.2, -0.15) is 13.2 Å². The molecule has 21 heavy (non-hydrogen) atoms. The van der Waals surface area contributed by atoms with Gasteiger partial charge in [-0.15, -0.1) is 0 Å². The first-order valence-corrected chi connectivity index (χ1v) is 7.29. The summed E-state index contributed by atoms with van der Waals surface area (Å²) in [5.41, 5.74) is -0.399. The van der Waals surface area contributed by atoms with Gasteiger partial charge < -0.3 is 5.32 Å². The van der Waals surface area contributed by atoms with Crippen LogP contribution in [0.2, 0.25) is 0 Å². The van der Waals surface area contributed by atoms with Crippen LogP contribution < -0.4 is 5.32 Å². The molecule has 0 heterocycles. The van der Waals surface area contributed by atoms with Gasteiger partial charge in [0.25, 0.3) is 5.91 Å². The molecular weight excluding hydrogens is 415 g/mol. The maximum absolute atomic E-state index is 12.8. The van der Waals surface area contributed by atoms with Crippen LogP contribution in [-0.4, -0.2) is 5.91 Å². The zero-order valence-corrected chi connectivity index (χ0v) is 13.5. The van der Waals surface area contributed by atoms with Crippen LogP contribution in [0.25, 0.3) is 0 Å². The predicted molar refractivity (Wildman–Crippen MR) is 81.2 cm³/mol. The van der Waals surface area contributed by atoms with E-state index in [0.717, 1.165) is 10.5 Å². The number of alkyl halides is 3. The van der Waals surface area contributed by atoms with Crippen molar-refractivity contribution in [3.05, 3.63) is 62.5 Å². The number of hydrogen-bond donors (Lipinski definition) is 1. The third kappa shape index (κ3) is 4.07. The number of halogens is 5. The van der Waals surface area contributed by atoms with Crippen LogP contribution in [0.4, 0.5) is 18.9 Å². The van der Waals surface area contributed by atoms with Gasteiger partial charge in [0.2, 0.25) is 0 Å².